The molecule has 0 atom stereocenters. The number of nitrogen functional groups attached to an aromatic ring is 1. The van der Waals surface area contributed by atoms with Gasteiger partial charge in [0.25, 0.3) is 0 Å². The summed E-state index contributed by atoms with van der Waals surface area (Å²) in [6, 6.07) is 7.42. The largest absolute Gasteiger partial charge is 0.398 e. The fourth-order valence-electron chi connectivity index (χ4n) is 1.60. The molecule has 2 rings (SSSR count). The van der Waals surface area contributed by atoms with E-state index in [1.54, 1.807) is 23.5 Å². The van der Waals surface area contributed by atoms with Gasteiger partial charge in [0.2, 0.25) is 0 Å². The lowest BCUT2D eigenvalue weighted by molar-refractivity contribution is 0.0983. The monoisotopic (exact) mass is 309 g/mol. The number of ketones is 1. The van der Waals surface area contributed by atoms with E-state index in [0.717, 1.165) is 10.9 Å². The zero-order chi connectivity index (χ0) is 12.3. The van der Waals surface area contributed by atoms with Gasteiger partial charge in [0.15, 0.2) is 5.78 Å². The highest BCUT2D eigenvalue weighted by atomic mass is 79.9. The van der Waals surface area contributed by atoms with E-state index in [9.17, 15) is 4.79 Å². The topological polar surface area (TPSA) is 43.1 Å². The highest BCUT2D eigenvalue weighted by Crippen LogP contribution is 2.20. The lowest BCUT2D eigenvalue weighted by Crippen LogP contribution is -2.04. The normalized spacial score (nSPS) is 10.4. The molecule has 1 aromatic carbocycles. The van der Waals surface area contributed by atoms with Crippen molar-refractivity contribution in [3.63, 3.8) is 0 Å². The molecule has 0 radical (unpaired) electrons. The van der Waals surface area contributed by atoms with Crippen molar-refractivity contribution in [1.82, 2.24) is 0 Å². The average molecular weight is 310 g/mol. The van der Waals surface area contributed by atoms with Gasteiger partial charge in [-0.3, -0.25) is 4.79 Å². The number of thiophene rings is 1. The third-order valence-electron chi connectivity index (χ3n) is 2.54. The first-order chi connectivity index (χ1) is 8.16. The Labute approximate surface area is 113 Å². The van der Waals surface area contributed by atoms with Crippen LogP contribution in [0.1, 0.15) is 22.3 Å². The number of aryl methyl sites for hydroxylation is 1. The second-order valence-electron chi connectivity index (χ2n) is 3.79. The molecular formula is C13H12BrNOS. The Bertz CT molecular complexity index is 522. The summed E-state index contributed by atoms with van der Waals surface area (Å²) >= 11 is 5.00. The number of carbonyl (C=O) groups is 1. The molecule has 2 aromatic rings. The quantitative estimate of drug-likeness (QED) is 0.687. The molecule has 1 heterocycles. The highest BCUT2D eigenvalue weighted by Gasteiger charge is 2.10. The van der Waals surface area contributed by atoms with Crippen molar-refractivity contribution in [3.8, 4) is 0 Å². The van der Waals surface area contributed by atoms with Gasteiger partial charge in [-0.2, -0.15) is 11.3 Å². The lowest BCUT2D eigenvalue weighted by atomic mass is 10.0. The third kappa shape index (κ3) is 3.17. The van der Waals surface area contributed by atoms with E-state index in [0.29, 0.717) is 17.7 Å². The summed E-state index contributed by atoms with van der Waals surface area (Å²) in [5.41, 5.74) is 8.16. The maximum absolute atomic E-state index is 12.0. The number of nitrogens with two attached hydrogens (primary N) is 1. The van der Waals surface area contributed by atoms with Crippen LogP contribution >= 0.6 is 27.3 Å². The van der Waals surface area contributed by atoms with Crippen molar-refractivity contribution < 1.29 is 4.79 Å². The number of hydrogen-bond donors (Lipinski definition) is 1. The second kappa shape index (κ2) is 5.47. The molecule has 0 aliphatic rings. The smallest absolute Gasteiger partial charge is 0.165 e. The van der Waals surface area contributed by atoms with Crippen molar-refractivity contribution >= 4 is 38.7 Å². The van der Waals surface area contributed by atoms with Crippen LogP contribution in [0.4, 0.5) is 5.69 Å². The van der Waals surface area contributed by atoms with E-state index in [2.05, 4.69) is 21.3 Å². The van der Waals surface area contributed by atoms with E-state index in [1.165, 1.54) is 5.56 Å². The van der Waals surface area contributed by atoms with Gasteiger partial charge in [-0.25, -0.2) is 0 Å². The molecule has 0 saturated heterocycles. The zero-order valence-electron chi connectivity index (χ0n) is 9.15. The van der Waals surface area contributed by atoms with E-state index in [1.807, 2.05) is 17.5 Å². The highest BCUT2D eigenvalue weighted by molar-refractivity contribution is 9.10. The molecule has 1 aromatic heterocycles. The Morgan fingerprint density at radius 2 is 2.18 bits per heavy atom. The minimum Gasteiger partial charge on any atom is -0.398 e. The Kier molecular flexibility index (Phi) is 3.97. The summed E-state index contributed by atoms with van der Waals surface area (Å²) in [5.74, 6) is 0.0926. The fraction of sp³-hybridized carbons (Fsp3) is 0.154. The van der Waals surface area contributed by atoms with Crippen molar-refractivity contribution in [2.45, 2.75) is 12.8 Å². The zero-order valence-corrected chi connectivity index (χ0v) is 11.6. The van der Waals surface area contributed by atoms with Crippen LogP contribution < -0.4 is 5.73 Å². The molecule has 0 bridgehead atoms. The van der Waals surface area contributed by atoms with Gasteiger partial charge in [-0.15, -0.1) is 0 Å². The molecule has 0 spiro atoms. The van der Waals surface area contributed by atoms with Gasteiger partial charge in [-0.1, -0.05) is 15.9 Å². The van der Waals surface area contributed by atoms with Crippen LogP contribution in [0.5, 0.6) is 0 Å². The number of hydrogen-bond acceptors (Lipinski definition) is 3. The van der Waals surface area contributed by atoms with Gasteiger partial charge in [0, 0.05) is 22.1 Å². The second-order valence-corrected chi connectivity index (χ2v) is 5.48. The molecule has 4 heteroatoms. The van der Waals surface area contributed by atoms with Crippen LogP contribution in [0.25, 0.3) is 0 Å². The van der Waals surface area contributed by atoms with Gasteiger partial charge in [0.05, 0.1) is 0 Å². The molecule has 2 N–H and O–H groups in total. The summed E-state index contributed by atoms with van der Waals surface area (Å²) < 4.78 is 0.880. The van der Waals surface area contributed by atoms with Crippen LogP contribution in [0.15, 0.2) is 39.5 Å². The van der Waals surface area contributed by atoms with Crippen LogP contribution in [-0.4, -0.2) is 5.78 Å². The van der Waals surface area contributed by atoms with E-state index in [-0.39, 0.29) is 5.78 Å². The Hall–Kier alpha value is -1.13. The number of Topliss-reactive ketones (excluding diaryl/α,β-unsaturated/α-hetero) is 1. The molecule has 88 valence electrons. The number of carbonyl (C=O) groups excluding carboxylic acids is 1. The van der Waals surface area contributed by atoms with Gasteiger partial charge in [0.1, 0.15) is 0 Å². The third-order valence-corrected chi connectivity index (χ3v) is 3.76. The van der Waals surface area contributed by atoms with Crippen molar-refractivity contribution in [2.24, 2.45) is 0 Å². The van der Waals surface area contributed by atoms with Gasteiger partial charge < -0.3 is 5.73 Å². The molecule has 17 heavy (non-hydrogen) atoms. The number of rotatable bonds is 4. The fourth-order valence-corrected chi connectivity index (χ4v) is 2.66. The maximum atomic E-state index is 12.0. The SMILES string of the molecule is Nc1ccc(Br)cc1C(=O)CCc1ccsc1. The molecular weight excluding hydrogens is 298 g/mol. The molecule has 0 aliphatic carbocycles. The van der Waals surface area contributed by atoms with Crippen molar-refractivity contribution in [2.75, 3.05) is 5.73 Å². The number of anilines is 1. The van der Waals surface area contributed by atoms with Crippen LogP contribution in [0, 0.1) is 0 Å². The molecule has 0 amide bonds. The summed E-state index contributed by atoms with van der Waals surface area (Å²) in [5, 5.41) is 4.09. The number of halogens is 1. The molecule has 2 nitrogen and oxygen atoms in total. The van der Waals surface area contributed by atoms with Crippen molar-refractivity contribution in [1.29, 1.82) is 0 Å². The van der Waals surface area contributed by atoms with Crippen LogP contribution in [0.2, 0.25) is 0 Å². The van der Waals surface area contributed by atoms with Crippen LogP contribution in [0.3, 0.4) is 0 Å². The molecule has 0 unspecified atom stereocenters. The standard InChI is InChI=1S/C13H12BrNOS/c14-10-2-3-12(15)11(7-10)13(16)4-1-9-5-6-17-8-9/h2-3,5-8H,1,4,15H2. The Balaban J connectivity index is 2.07. The van der Waals surface area contributed by atoms with E-state index in [4.69, 9.17) is 5.73 Å². The Morgan fingerprint density at radius 1 is 1.35 bits per heavy atom. The first kappa shape index (κ1) is 12.3. The molecule has 0 saturated carbocycles. The van der Waals surface area contributed by atoms with E-state index < -0.39 is 0 Å². The van der Waals surface area contributed by atoms with Gasteiger partial charge in [-0.05, 0) is 47.0 Å². The Morgan fingerprint density at radius 3 is 2.88 bits per heavy atom. The maximum Gasteiger partial charge on any atom is 0.165 e. The summed E-state index contributed by atoms with van der Waals surface area (Å²) in [4.78, 5) is 12.0. The van der Waals surface area contributed by atoms with Crippen LogP contribution in [-0.2, 0) is 6.42 Å². The predicted octanol–water partition coefficient (Wildman–Crippen LogP) is 3.91. The average Bonchev–Trinajstić information content (AvgIpc) is 2.82. The lowest BCUT2D eigenvalue weighted by Gasteiger charge is -2.05. The molecule has 0 aliphatic heterocycles. The minimum atomic E-state index is 0.0926. The summed E-state index contributed by atoms with van der Waals surface area (Å²) in [7, 11) is 0. The van der Waals surface area contributed by atoms with Crippen molar-refractivity contribution in [3.05, 3.63) is 50.6 Å². The van der Waals surface area contributed by atoms with Gasteiger partial charge >= 0.3 is 0 Å². The first-order valence-electron chi connectivity index (χ1n) is 5.26. The predicted molar refractivity (Wildman–Crippen MR) is 75.5 cm³/mol. The first-order valence-corrected chi connectivity index (χ1v) is 6.99. The molecule has 0 fully saturated rings. The summed E-state index contributed by atoms with van der Waals surface area (Å²) in [6.07, 6.45) is 1.27. The summed E-state index contributed by atoms with van der Waals surface area (Å²) in [6.45, 7) is 0. The number of benzene rings is 1. The minimum absolute atomic E-state index is 0.0926. The van der Waals surface area contributed by atoms with E-state index >= 15 is 0 Å².